The molecule has 3 fully saturated rings. The number of nitrogens with one attached hydrogen (secondary N) is 1. The van der Waals surface area contributed by atoms with Gasteiger partial charge in [0.2, 0.25) is 0 Å². The quantitative estimate of drug-likeness (QED) is 0.335. The minimum absolute atomic E-state index is 0. The van der Waals surface area contributed by atoms with Crippen molar-refractivity contribution in [2.45, 2.75) is 50.2 Å². The van der Waals surface area contributed by atoms with Gasteiger partial charge in [0.25, 0.3) is 0 Å². The fourth-order valence-electron chi connectivity index (χ4n) is 4.81. The Hall–Kier alpha value is -0.610. The number of halogens is 2. The van der Waals surface area contributed by atoms with E-state index in [1.807, 2.05) is 12.1 Å². The molecule has 3 heterocycles. The molecule has 0 spiro atoms. The molecule has 2 unspecified atom stereocenters. The number of aliphatic imine (C=N–C) groups is 1. The predicted molar refractivity (Wildman–Crippen MR) is 135 cm³/mol. The largest absolute Gasteiger partial charge is 0.381 e. The van der Waals surface area contributed by atoms with Gasteiger partial charge in [-0.05, 0) is 44.2 Å². The van der Waals surface area contributed by atoms with Crippen LogP contribution in [0, 0.1) is 0 Å². The maximum atomic E-state index is 6.62. The summed E-state index contributed by atoms with van der Waals surface area (Å²) >= 11 is 6.62. The first kappa shape index (κ1) is 25.0. The van der Waals surface area contributed by atoms with E-state index in [0.717, 1.165) is 76.1 Å². The number of rotatable bonds is 5. The zero-order valence-corrected chi connectivity index (χ0v) is 21.4. The van der Waals surface area contributed by atoms with Crippen LogP contribution < -0.4 is 5.32 Å². The summed E-state index contributed by atoms with van der Waals surface area (Å²) in [6, 6.07) is 8.20. The van der Waals surface area contributed by atoms with Crippen molar-refractivity contribution in [1.29, 1.82) is 0 Å². The van der Waals surface area contributed by atoms with Gasteiger partial charge in [-0.1, -0.05) is 29.8 Å². The fourth-order valence-corrected chi connectivity index (χ4v) is 5.14. The highest BCUT2D eigenvalue weighted by Gasteiger charge is 2.37. The summed E-state index contributed by atoms with van der Waals surface area (Å²) in [4.78, 5) is 7.46. The molecule has 0 saturated carbocycles. The van der Waals surface area contributed by atoms with Crippen LogP contribution in [0.3, 0.4) is 0 Å². The highest BCUT2D eigenvalue weighted by atomic mass is 127. The van der Waals surface area contributed by atoms with Crippen LogP contribution in [-0.4, -0.2) is 75.7 Å². The number of benzene rings is 1. The van der Waals surface area contributed by atoms with Crippen LogP contribution in [0.25, 0.3) is 0 Å². The van der Waals surface area contributed by atoms with Gasteiger partial charge in [-0.15, -0.1) is 24.0 Å². The Bertz CT molecular complexity index is 724. The summed E-state index contributed by atoms with van der Waals surface area (Å²) in [7, 11) is 0. The molecule has 0 aliphatic carbocycles. The molecule has 4 rings (SSSR count). The van der Waals surface area contributed by atoms with Crippen LogP contribution in [-0.2, 0) is 19.6 Å². The number of morpholine rings is 1. The lowest BCUT2D eigenvalue weighted by molar-refractivity contribution is -0.0817. The van der Waals surface area contributed by atoms with Gasteiger partial charge in [0.05, 0.1) is 19.3 Å². The van der Waals surface area contributed by atoms with E-state index in [-0.39, 0.29) is 41.6 Å². The Balaban J connectivity index is 0.00000272. The van der Waals surface area contributed by atoms with Gasteiger partial charge in [-0.3, -0.25) is 4.99 Å². The van der Waals surface area contributed by atoms with Gasteiger partial charge in [0.1, 0.15) is 6.10 Å². The number of ether oxygens (including phenoxy) is 3. The molecule has 1 aromatic rings. The van der Waals surface area contributed by atoms with Crippen LogP contribution >= 0.6 is 35.6 Å². The van der Waals surface area contributed by atoms with E-state index < -0.39 is 0 Å². The maximum absolute atomic E-state index is 6.62. The van der Waals surface area contributed by atoms with Gasteiger partial charge in [0, 0.05) is 49.9 Å². The van der Waals surface area contributed by atoms with E-state index >= 15 is 0 Å². The number of guanidine groups is 1. The lowest BCUT2D eigenvalue weighted by atomic mass is 9.74. The minimum Gasteiger partial charge on any atom is -0.381 e. The van der Waals surface area contributed by atoms with Crippen molar-refractivity contribution in [3.8, 4) is 0 Å². The lowest BCUT2D eigenvalue weighted by Crippen LogP contribution is -2.53. The Kier molecular flexibility index (Phi) is 9.70. The summed E-state index contributed by atoms with van der Waals surface area (Å²) in [5.74, 6) is 0.960. The number of nitrogens with zero attached hydrogens (tertiary/aromatic N) is 2. The van der Waals surface area contributed by atoms with E-state index in [4.69, 9.17) is 30.8 Å². The molecule has 3 saturated heterocycles. The van der Waals surface area contributed by atoms with Crippen LogP contribution in [0.1, 0.15) is 38.2 Å². The fraction of sp³-hybridized carbons (Fsp3) is 0.696. The average molecular weight is 564 g/mol. The van der Waals surface area contributed by atoms with E-state index in [2.05, 4.69) is 29.3 Å². The minimum atomic E-state index is -0.0858. The summed E-state index contributed by atoms with van der Waals surface area (Å²) < 4.78 is 17.6. The molecule has 0 radical (unpaired) electrons. The number of hydrogen-bond acceptors (Lipinski definition) is 4. The van der Waals surface area contributed by atoms with Crippen LogP contribution in [0.4, 0.5) is 0 Å². The first-order valence-electron chi connectivity index (χ1n) is 11.3. The Morgan fingerprint density at radius 2 is 1.94 bits per heavy atom. The topological polar surface area (TPSA) is 55.3 Å². The lowest BCUT2D eigenvalue weighted by Gasteiger charge is -2.39. The maximum Gasteiger partial charge on any atom is 0.194 e. The molecule has 3 aliphatic rings. The zero-order chi connectivity index (χ0) is 20.8. The van der Waals surface area contributed by atoms with E-state index in [1.165, 1.54) is 5.56 Å². The van der Waals surface area contributed by atoms with Gasteiger partial charge >= 0.3 is 0 Å². The molecule has 31 heavy (non-hydrogen) atoms. The first-order chi connectivity index (χ1) is 14.7. The Morgan fingerprint density at radius 1 is 1.16 bits per heavy atom. The van der Waals surface area contributed by atoms with Crippen LogP contribution in [0.5, 0.6) is 0 Å². The standard InChI is InChI=1S/C23H34ClN3O3.HI/c1-2-25-22(27-11-15-30-21(16-27)20-8-5-12-29-20)26-17-23(9-13-28-14-10-23)18-6-3-4-7-19(18)24;/h3-4,6-7,20-21H,2,5,8-17H2,1H3,(H,25,26);1H. The molecule has 174 valence electrons. The van der Waals surface area contributed by atoms with Crippen LogP contribution in [0.2, 0.25) is 5.02 Å². The average Bonchev–Trinajstić information content (AvgIpc) is 3.33. The van der Waals surface area contributed by atoms with Gasteiger partial charge < -0.3 is 24.4 Å². The van der Waals surface area contributed by atoms with Crippen LogP contribution in [0.15, 0.2) is 29.3 Å². The van der Waals surface area contributed by atoms with E-state index in [9.17, 15) is 0 Å². The highest BCUT2D eigenvalue weighted by molar-refractivity contribution is 14.0. The van der Waals surface area contributed by atoms with Gasteiger partial charge in [-0.2, -0.15) is 0 Å². The molecule has 0 bridgehead atoms. The third-order valence-corrected chi connectivity index (χ3v) is 6.86. The molecule has 0 amide bonds. The molecular weight excluding hydrogens is 529 g/mol. The second-order valence-electron chi connectivity index (χ2n) is 8.45. The van der Waals surface area contributed by atoms with Crippen molar-refractivity contribution in [2.24, 2.45) is 4.99 Å². The molecule has 1 aromatic carbocycles. The van der Waals surface area contributed by atoms with Crippen molar-refractivity contribution in [3.05, 3.63) is 34.9 Å². The SMILES string of the molecule is CCNC(=NCC1(c2ccccc2Cl)CCOCC1)N1CCOC(C2CCCO2)C1.I. The third-order valence-electron chi connectivity index (χ3n) is 6.53. The molecule has 0 aromatic heterocycles. The molecule has 8 heteroatoms. The van der Waals surface area contributed by atoms with Crippen molar-refractivity contribution in [1.82, 2.24) is 10.2 Å². The summed E-state index contributed by atoms with van der Waals surface area (Å²) in [5.41, 5.74) is 1.10. The molecule has 2 atom stereocenters. The smallest absolute Gasteiger partial charge is 0.194 e. The normalized spacial score (nSPS) is 26.4. The highest BCUT2D eigenvalue weighted by Crippen LogP contribution is 2.39. The molecule has 6 nitrogen and oxygen atoms in total. The summed E-state index contributed by atoms with van der Waals surface area (Å²) in [5, 5.41) is 4.33. The third kappa shape index (κ3) is 6.05. The Labute approximate surface area is 208 Å². The summed E-state index contributed by atoms with van der Waals surface area (Å²) in [6.45, 7) is 8.36. The van der Waals surface area contributed by atoms with Crippen molar-refractivity contribution in [3.63, 3.8) is 0 Å². The predicted octanol–water partition coefficient (Wildman–Crippen LogP) is 3.85. The van der Waals surface area contributed by atoms with Gasteiger partial charge in [-0.25, -0.2) is 0 Å². The van der Waals surface area contributed by atoms with Gasteiger partial charge in [0.15, 0.2) is 5.96 Å². The Morgan fingerprint density at radius 3 is 2.65 bits per heavy atom. The summed E-state index contributed by atoms with van der Waals surface area (Å²) in [6.07, 6.45) is 4.40. The van der Waals surface area contributed by atoms with Crippen molar-refractivity contribution >= 4 is 41.5 Å². The van der Waals surface area contributed by atoms with Crippen molar-refractivity contribution < 1.29 is 14.2 Å². The van der Waals surface area contributed by atoms with Crippen molar-refractivity contribution in [2.75, 3.05) is 52.6 Å². The molecule has 1 N–H and O–H groups in total. The second kappa shape index (κ2) is 12.0. The second-order valence-corrected chi connectivity index (χ2v) is 8.86. The monoisotopic (exact) mass is 563 g/mol. The molecular formula is C23H35ClIN3O3. The molecule has 3 aliphatic heterocycles. The van der Waals surface area contributed by atoms with E-state index in [1.54, 1.807) is 0 Å². The number of hydrogen-bond donors (Lipinski definition) is 1. The van der Waals surface area contributed by atoms with E-state index in [0.29, 0.717) is 13.2 Å². The first-order valence-corrected chi connectivity index (χ1v) is 11.7. The zero-order valence-electron chi connectivity index (χ0n) is 18.4.